The van der Waals surface area contributed by atoms with Gasteiger partial charge in [0, 0.05) is 50.4 Å². The highest BCUT2D eigenvalue weighted by molar-refractivity contribution is 6.01. The number of piperidine rings is 1. The first-order valence-corrected chi connectivity index (χ1v) is 9.05. The Morgan fingerprint density at radius 2 is 1.93 bits per heavy atom. The fraction of sp³-hybridized carbons (Fsp3) is 0.350. The van der Waals surface area contributed by atoms with E-state index in [1.54, 1.807) is 17.3 Å². The monoisotopic (exact) mass is 369 g/mol. The first-order chi connectivity index (χ1) is 13.1. The van der Waals surface area contributed by atoms with E-state index < -0.39 is 11.7 Å². The Bertz CT molecular complexity index is 851. The van der Waals surface area contributed by atoms with Crippen LogP contribution < -0.4 is 10.1 Å². The normalized spacial score (nSPS) is 20.0. The van der Waals surface area contributed by atoms with E-state index in [1.807, 2.05) is 12.1 Å². The summed E-state index contributed by atoms with van der Waals surface area (Å²) in [6, 6.07) is 7.76. The number of aromatic nitrogens is 1. The molecular formula is C20H20FN3O3. The molecule has 7 heteroatoms. The smallest absolute Gasteiger partial charge is 0.230 e. The molecule has 3 heterocycles. The van der Waals surface area contributed by atoms with Gasteiger partial charge in [-0.3, -0.25) is 14.6 Å². The summed E-state index contributed by atoms with van der Waals surface area (Å²) >= 11 is 0. The largest absolute Gasteiger partial charge is 0.490 e. The highest BCUT2D eigenvalue weighted by Gasteiger charge is 2.35. The third kappa shape index (κ3) is 3.77. The molecule has 6 nitrogen and oxygen atoms in total. The molecule has 1 saturated heterocycles. The van der Waals surface area contributed by atoms with Crippen LogP contribution >= 0.6 is 0 Å². The van der Waals surface area contributed by atoms with Crippen LogP contribution in [0.25, 0.3) is 0 Å². The summed E-state index contributed by atoms with van der Waals surface area (Å²) in [6.07, 6.45) is 4.86. The number of carbonyl (C=O) groups is 2. The maximum atomic E-state index is 13.7. The summed E-state index contributed by atoms with van der Waals surface area (Å²) in [6.45, 7) is 1.11. The fourth-order valence-electron chi connectivity index (χ4n) is 3.68. The molecule has 2 aromatic rings. The number of ether oxygens (including phenoxy) is 1. The third-order valence-electron chi connectivity index (χ3n) is 5.06. The minimum Gasteiger partial charge on any atom is -0.490 e. The zero-order chi connectivity index (χ0) is 18.8. The van der Waals surface area contributed by atoms with Crippen LogP contribution in [0.1, 0.15) is 30.7 Å². The second-order valence-electron chi connectivity index (χ2n) is 6.86. The van der Waals surface area contributed by atoms with E-state index in [-0.39, 0.29) is 24.3 Å². The zero-order valence-corrected chi connectivity index (χ0v) is 14.7. The molecule has 140 valence electrons. The van der Waals surface area contributed by atoms with Gasteiger partial charge in [-0.1, -0.05) is 0 Å². The molecule has 27 heavy (non-hydrogen) atoms. The minimum atomic E-state index is -0.637. The second kappa shape index (κ2) is 7.34. The predicted molar refractivity (Wildman–Crippen MR) is 96.9 cm³/mol. The van der Waals surface area contributed by atoms with Gasteiger partial charge in [-0.05, 0) is 35.9 Å². The Labute approximate surface area is 156 Å². The van der Waals surface area contributed by atoms with Crippen molar-refractivity contribution < 1.29 is 18.7 Å². The van der Waals surface area contributed by atoms with Crippen LogP contribution in [0.5, 0.6) is 5.75 Å². The van der Waals surface area contributed by atoms with Gasteiger partial charge in [0.05, 0.1) is 5.92 Å². The van der Waals surface area contributed by atoms with E-state index in [0.29, 0.717) is 37.2 Å². The molecule has 0 saturated carbocycles. The molecule has 1 aromatic heterocycles. The van der Waals surface area contributed by atoms with Gasteiger partial charge in [-0.15, -0.1) is 0 Å². The maximum absolute atomic E-state index is 13.7. The molecule has 1 aromatic carbocycles. The molecule has 0 radical (unpaired) electrons. The number of hydrogen-bond acceptors (Lipinski definition) is 4. The number of hydrogen-bond donors (Lipinski definition) is 1. The summed E-state index contributed by atoms with van der Waals surface area (Å²) in [5.74, 6) is -0.625. The van der Waals surface area contributed by atoms with Gasteiger partial charge in [-0.25, -0.2) is 4.39 Å². The van der Waals surface area contributed by atoms with E-state index in [2.05, 4.69) is 10.3 Å². The quantitative estimate of drug-likeness (QED) is 0.903. The lowest BCUT2D eigenvalue weighted by molar-refractivity contribution is -0.136. The van der Waals surface area contributed by atoms with E-state index in [1.165, 1.54) is 18.2 Å². The lowest BCUT2D eigenvalue weighted by Crippen LogP contribution is -2.45. The predicted octanol–water partition coefficient (Wildman–Crippen LogP) is 2.72. The molecule has 0 aliphatic carbocycles. The van der Waals surface area contributed by atoms with Gasteiger partial charge in [0.1, 0.15) is 17.7 Å². The van der Waals surface area contributed by atoms with Crippen molar-refractivity contribution in [2.24, 2.45) is 0 Å². The van der Waals surface area contributed by atoms with Crippen LogP contribution in [0.2, 0.25) is 0 Å². The molecule has 0 bridgehead atoms. The summed E-state index contributed by atoms with van der Waals surface area (Å²) in [7, 11) is 0. The number of amides is 2. The highest BCUT2D eigenvalue weighted by atomic mass is 19.1. The number of anilines is 1. The topological polar surface area (TPSA) is 71.5 Å². The minimum absolute atomic E-state index is 0.0378. The zero-order valence-electron chi connectivity index (χ0n) is 14.7. The lowest BCUT2D eigenvalue weighted by Gasteiger charge is -2.35. The summed E-state index contributed by atoms with van der Waals surface area (Å²) in [5.41, 5.74) is 1.07. The Morgan fingerprint density at radius 3 is 2.67 bits per heavy atom. The molecule has 0 spiro atoms. The Hall–Kier alpha value is -2.96. The van der Waals surface area contributed by atoms with Gasteiger partial charge in [-0.2, -0.15) is 0 Å². The third-order valence-corrected chi connectivity index (χ3v) is 5.06. The van der Waals surface area contributed by atoms with Crippen molar-refractivity contribution in [3.05, 3.63) is 54.1 Å². The van der Waals surface area contributed by atoms with Gasteiger partial charge in [0.2, 0.25) is 11.8 Å². The Morgan fingerprint density at radius 1 is 1.19 bits per heavy atom. The second-order valence-corrected chi connectivity index (χ2v) is 6.86. The molecule has 1 fully saturated rings. The van der Waals surface area contributed by atoms with Crippen molar-refractivity contribution in [2.45, 2.75) is 31.3 Å². The Balaban J connectivity index is 1.42. The summed E-state index contributed by atoms with van der Waals surface area (Å²) in [4.78, 5) is 30.7. The first-order valence-electron chi connectivity index (χ1n) is 9.05. The van der Waals surface area contributed by atoms with Crippen LogP contribution in [-0.2, 0) is 9.59 Å². The Kier molecular flexibility index (Phi) is 4.75. The number of nitrogens with zero attached hydrogens (tertiary/aromatic N) is 2. The number of carbonyl (C=O) groups excluding carboxylic acids is 2. The summed E-state index contributed by atoms with van der Waals surface area (Å²) < 4.78 is 19.6. The molecular weight excluding hydrogens is 349 g/mol. The average Bonchev–Trinajstić information content (AvgIpc) is 2.68. The summed E-state index contributed by atoms with van der Waals surface area (Å²) in [5, 5.41) is 2.71. The highest BCUT2D eigenvalue weighted by Crippen LogP contribution is 2.34. The molecule has 1 atom stereocenters. The van der Waals surface area contributed by atoms with Crippen molar-refractivity contribution in [1.82, 2.24) is 9.88 Å². The van der Waals surface area contributed by atoms with Crippen LogP contribution in [0.15, 0.2) is 42.7 Å². The number of fused-ring (bicyclic) bond motifs is 1. The van der Waals surface area contributed by atoms with Crippen molar-refractivity contribution in [2.75, 3.05) is 18.4 Å². The van der Waals surface area contributed by atoms with Gasteiger partial charge in [0.15, 0.2) is 0 Å². The SMILES string of the molecule is O=C1CC(C(=O)N2CCC(Oc3ccncc3)CC2)c2cc(F)ccc2N1. The van der Waals surface area contributed by atoms with Crippen molar-refractivity contribution in [3.8, 4) is 5.75 Å². The van der Waals surface area contributed by atoms with E-state index in [9.17, 15) is 14.0 Å². The van der Waals surface area contributed by atoms with Crippen molar-refractivity contribution in [1.29, 1.82) is 0 Å². The number of benzene rings is 1. The number of likely N-dealkylation sites (tertiary alicyclic amines) is 1. The van der Waals surface area contributed by atoms with Crippen molar-refractivity contribution in [3.63, 3.8) is 0 Å². The average molecular weight is 369 g/mol. The number of halogens is 1. The molecule has 2 aliphatic heterocycles. The van der Waals surface area contributed by atoms with Crippen molar-refractivity contribution >= 4 is 17.5 Å². The molecule has 1 N–H and O–H groups in total. The van der Waals surface area contributed by atoms with E-state index in [0.717, 1.165) is 5.75 Å². The molecule has 2 amide bonds. The lowest BCUT2D eigenvalue weighted by atomic mass is 9.88. The number of pyridine rings is 1. The van der Waals surface area contributed by atoms with Crippen LogP contribution in [-0.4, -0.2) is 40.9 Å². The van der Waals surface area contributed by atoms with E-state index in [4.69, 9.17) is 4.74 Å². The maximum Gasteiger partial charge on any atom is 0.230 e. The van der Waals surface area contributed by atoms with Crippen LogP contribution in [0, 0.1) is 5.82 Å². The molecule has 1 unspecified atom stereocenters. The fourth-order valence-corrected chi connectivity index (χ4v) is 3.68. The van der Waals surface area contributed by atoms with Gasteiger partial charge >= 0.3 is 0 Å². The number of rotatable bonds is 3. The van der Waals surface area contributed by atoms with Gasteiger partial charge in [0.25, 0.3) is 0 Å². The first kappa shape index (κ1) is 17.5. The molecule has 4 rings (SSSR count). The van der Waals surface area contributed by atoms with Crippen LogP contribution in [0.3, 0.4) is 0 Å². The van der Waals surface area contributed by atoms with Crippen LogP contribution in [0.4, 0.5) is 10.1 Å². The van der Waals surface area contributed by atoms with E-state index >= 15 is 0 Å². The van der Waals surface area contributed by atoms with Gasteiger partial charge < -0.3 is 15.0 Å². The standard InChI is InChI=1S/C20H20FN3O3/c21-13-1-2-18-16(11-13)17(12-19(25)23-18)20(26)24-9-5-15(6-10-24)27-14-3-7-22-8-4-14/h1-4,7-8,11,15,17H,5-6,9-10,12H2,(H,23,25). The number of nitrogens with one attached hydrogen (secondary N) is 1. The molecule has 2 aliphatic rings.